The van der Waals surface area contributed by atoms with Gasteiger partial charge in [0.2, 0.25) is 0 Å². The number of hydrogen-bond acceptors (Lipinski definition) is 3. The molecule has 0 saturated carbocycles. The molecule has 0 spiro atoms. The first-order valence-electron chi connectivity index (χ1n) is 5.62. The van der Waals surface area contributed by atoms with Crippen LogP contribution in [0.15, 0.2) is 18.2 Å². The molecule has 3 N–H and O–H groups in total. The number of aliphatic hydroxyl groups excluding tert-OH is 1. The summed E-state index contributed by atoms with van der Waals surface area (Å²) in [5.74, 6) is 0. The van der Waals surface area contributed by atoms with E-state index >= 15 is 0 Å². The summed E-state index contributed by atoms with van der Waals surface area (Å²) in [7, 11) is 0. The summed E-state index contributed by atoms with van der Waals surface area (Å²) in [6, 6.07) is 6.11. The SMILES string of the molecule is Cc1ccc(C2(C(N)CO)COC2)c(C)c1. The minimum Gasteiger partial charge on any atom is -0.395 e. The fourth-order valence-electron chi connectivity index (χ4n) is 2.44. The van der Waals surface area contributed by atoms with E-state index < -0.39 is 0 Å². The van der Waals surface area contributed by atoms with Crippen molar-refractivity contribution in [3.8, 4) is 0 Å². The number of aliphatic hydroxyl groups is 1. The predicted molar refractivity (Wildman–Crippen MR) is 63.5 cm³/mol. The molecule has 2 rings (SSSR count). The fourth-order valence-corrected chi connectivity index (χ4v) is 2.44. The van der Waals surface area contributed by atoms with Crippen molar-refractivity contribution in [3.63, 3.8) is 0 Å². The first-order valence-corrected chi connectivity index (χ1v) is 5.62. The van der Waals surface area contributed by atoms with Crippen LogP contribution in [0.3, 0.4) is 0 Å². The second-order valence-electron chi connectivity index (χ2n) is 4.76. The summed E-state index contributed by atoms with van der Waals surface area (Å²) in [5.41, 5.74) is 9.52. The Morgan fingerprint density at radius 3 is 2.56 bits per heavy atom. The maximum atomic E-state index is 9.26. The van der Waals surface area contributed by atoms with Crippen LogP contribution in [0.5, 0.6) is 0 Å². The molecule has 0 radical (unpaired) electrons. The number of rotatable bonds is 3. The molecule has 1 aliphatic rings. The Bertz CT molecular complexity index is 386. The van der Waals surface area contributed by atoms with Crippen molar-refractivity contribution < 1.29 is 9.84 Å². The zero-order chi connectivity index (χ0) is 11.8. The highest BCUT2D eigenvalue weighted by Crippen LogP contribution is 2.37. The lowest BCUT2D eigenvalue weighted by Gasteiger charge is -2.46. The van der Waals surface area contributed by atoms with Gasteiger partial charge >= 0.3 is 0 Å². The summed E-state index contributed by atoms with van der Waals surface area (Å²) in [5, 5.41) is 9.26. The molecule has 1 aliphatic heterocycles. The molecule has 3 heteroatoms. The molecule has 1 aromatic rings. The van der Waals surface area contributed by atoms with Crippen molar-refractivity contribution in [3.05, 3.63) is 34.9 Å². The van der Waals surface area contributed by atoms with E-state index in [2.05, 4.69) is 32.0 Å². The molecule has 1 atom stereocenters. The van der Waals surface area contributed by atoms with Crippen molar-refractivity contribution in [2.45, 2.75) is 25.3 Å². The first kappa shape index (κ1) is 11.6. The third kappa shape index (κ3) is 1.65. The zero-order valence-corrected chi connectivity index (χ0v) is 9.86. The Morgan fingerprint density at radius 2 is 2.12 bits per heavy atom. The molecule has 3 nitrogen and oxygen atoms in total. The second kappa shape index (κ2) is 4.17. The Morgan fingerprint density at radius 1 is 1.44 bits per heavy atom. The van der Waals surface area contributed by atoms with Crippen LogP contribution in [0.2, 0.25) is 0 Å². The summed E-state index contributed by atoms with van der Waals surface area (Å²) in [4.78, 5) is 0. The van der Waals surface area contributed by atoms with E-state index in [1.807, 2.05) is 0 Å². The van der Waals surface area contributed by atoms with Gasteiger partial charge in [-0.05, 0) is 25.0 Å². The van der Waals surface area contributed by atoms with Gasteiger partial charge in [-0.2, -0.15) is 0 Å². The Labute approximate surface area is 96.2 Å². The van der Waals surface area contributed by atoms with Gasteiger partial charge in [-0.3, -0.25) is 0 Å². The highest BCUT2D eigenvalue weighted by molar-refractivity contribution is 5.39. The van der Waals surface area contributed by atoms with Crippen molar-refractivity contribution in [2.24, 2.45) is 5.73 Å². The maximum absolute atomic E-state index is 9.26. The van der Waals surface area contributed by atoms with Gasteiger partial charge in [-0.15, -0.1) is 0 Å². The van der Waals surface area contributed by atoms with Crippen LogP contribution in [-0.4, -0.2) is 31.0 Å². The molecule has 0 bridgehead atoms. The van der Waals surface area contributed by atoms with E-state index in [1.54, 1.807) is 0 Å². The van der Waals surface area contributed by atoms with E-state index in [9.17, 15) is 5.11 Å². The smallest absolute Gasteiger partial charge is 0.0601 e. The van der Waals surface area contributed by atoms with Gasteiger partial charge in [0.1, 0.15) is 0 Å². The van der Waals surface area contributed by atoms with Crippen LogP contribution in [-0.2, 0) is 10.2 Å². The molecule has 1 saturated heterocycles. The molecule has 0 amide bonds. The van der Waals surface area contributed by atoms with E-state index in [4.69, 9.17) is 10.5 Å². The van der Waals surface area contributed by atoms with E-state index in [1.165, 1.54) is 16.7 Å². The van der Waals surface area contributed by atoms with Crippen molar-refractivity contribution >= 4 is 0 Å². The lowest BCUT2D eigenvalue weighted by Crippen LogP contribution is -2.60. The van der Waals surface area contributed by atoms with Gasteiger partial charge in [0.15, 0.2) is 0 Å². The van der Waals surface area contributed by atoms with Gasteiger partial charge in [-0.25, -0.2) is 0 Å². The van der Waals surface area contributed by atoms with Crippen LogP contribution in [0.25, 0.3) is 0 Å². The fraction of sp³-hybridized carbons (Fsp3) is 0.538. The van der Waals surface area contributed by atoms with Gasteiger partial charge in [0.25, 0.3) is 0 Å². The molecule has 88 valence electrons. The van der Waals surface area contributed by atoms with Crippen LogP contribution in [0, 0.1) is 13.8 Å². The van der Waals surface area contributed by atoms with Crippen molar-refractivity contribution in [2.75, 3.05) is 19.8 Å². The molecule has 0 aromatic heterocycles. The van der Waals surface area contributed by atoms with Crippen LogP contribution < -0.4 is 5.73 Å². The molecular formula is C13H19NO2. The quantitative estimate of drug-likeness (QED) is 0.797. The van der Waals surface area contributed by atoms with E-state index in [0.717, 1.165) is 0 Å². The first-order chi connectivity index (χ1) is 7.60. The average molecular weight is 221 g/mol. The number of benzene rings is 1. The van der Waals surface area contributed by atoms with Gasteiger partial charge in [-0.1, -0.05) is 23.8 Å². The average Bonchev–Trinajstić information content (AvgIpc) is 2.19. The van der Waals surface area contributed by atoms with Gasteiger partial charge in [0, 0.05) is 6.04 Å². The molecule has 1 heterocycles. The molecule has 1 unspecified atom stereocenters. The summed E-state index contributed by atoms with van der Waals surface area (Å²) < 4.78 is 5.31. The summed E-state index contributed by atoms with van der Waals surface area (Å²) in [6.07, 6.45) is 0. The van der Waals surface area contributed by atoms with Crippen molar-refractivity contribution in [1.29, 1.82) is 0 Å². The minimum atomic E-state index is -0.248. The molecule has 16 heavy (non-hydrogen) atoms. The van der Waals surface area contributed by atoms with Crippen molar-refractivity contribution in [1.82, 2.24) is 0 Å². The lowest BCUT2D eigenvalue weighted by atomic mass is 9.71. The number of nitrogens with two attached hydrogens (primary N) is 1. The highest BCUT2D eigenvalue weighted by Gasteiger charge is 2.46. The van der Waals surface area contributed by atoms with Crippen LogP contribution >= 0.6 is 0 Å². The Hall–Kier alpha value is -0.900. The van der Waals surface area contributed by atoms with Gasteiger partial charge in [0.05, 0.1) is 25.2 Å². The lowest BCUT2D eigenvalue weighted by molar-refractivity contribution is -0.0801. The normalized spacial score (nSPS) is 20.2. The summed E-state index contributed by atoms with van der Waals surface area (Å²) in [6.45, 7) is 5.38. The number of ether oxygens (including phenoxy) is 1. The minimum absolute atomic E-state index is 0.00330. The molecule has 0 aliphatic carbocycles. The third-order valence-corrected chi connectivity index (χ3v) is 3.54. The van der Waals surface area contributed by atoms with Gasteiger partial charge < -0.3 is 15.6 Å². The van der Waals surface area contributed by atoms with E-state index in [-0.39, 0.29) is 18.1 Å². The Balaban J connectivity index is 2.40. The van der Waals surface area contributed by atoms with E-state index in [0.29, 0.717) is 13.2 Å². The highest BCUT2D eigenvalue weighted by atomic mass is 16.5. The largest absolute Gasteiger partial charge is 0.395 e. The monoisotopic (exact) mass is 221 g/mol. The standard InChI is InChI=1S/C13H19NO2/c1-9-3-4-11(10(2)5-9)13(7-16-8-13)12(14)6-15/h3-5,12,15H,6-8,14H2,1-2H3. The number of aryl methyl sites for hydroxylation is 2. The Kier molecular flexibility index (Phi) is 3.02. The maximum Gasteiger partial charge on any atom is 0.0601 e. The van der Waals surface area contributed by atoms with Crippen LogP contribution in [0.4, 0.5) is 0 Å². The molecular weight excluding hydrogens is 202 g/mol. The molecule has 1 fully saturated rings. The summed E-state index contributed by atoms with van der Waals surface area (Å²) >= 11 is 0. The third-order valence-electron chi connectivity index (χ3n) is 3.54. The predicted octanol–water partition coefficient (Wildman–Crippen LogP) is 0.891. The molecule has 1 aromatic carbocycles. The topological polar surface area (TPSA) is 55.5 Å². The zero-order valence-electron chi connectivity index (χ0n) is 9.86. The van der Waals surface area contributed by atoms with Crippen LogP contribution in [0.1, 0.15) is 16.7 Å². The number of hydrogen-bond donors (Lipinski definition) is 2. The second-order valence-corrected chi connectivity index (χ2v) is 4.76.